The highest BCUT2D eigenvalue weighted by Gasteiger charge is 2.24. The van der Waals surface area contributed by atoms with Gasteiger partial charge in [0, 0.05) is 16.7 Å². The van der Waals surface area contributed by atoms with Crippen molar-refractivity contribution >= 4 is 27.6 Å². The van der Waals surface area contributed by atoms with Crippen LogP contribution >= 0.6 is 15.9 Å². The van der Waals surface area contributed by atoms with E-state index in [2.05, 4.69) is 21.2 Å². The lowest BCUT2D eigenvalue weighted by atomic mass is 9.88. The zero-order valence-corrected chi connectivity index (χ0v) is 9.75. The lowest BCUT2D eigenvalue weighted by Gasteiger charge is -2.26. The average molecular weight is 270 g/mol. The SMILES string of the molecule is O=C(O)CC1CCNc2cccc(Br)c21. The highest BCUT2D eigenvalue weighted by molar-refractivity contribution is 9.10. The molecule has 0 spiro atoms. The van der Waals surface area contributed by atoms with E-state index in [1.54, 1.807) is 0 Å². The molecule has 80 valence electrons. The van der Waals surface area contributed by atoms with E-state index in [-0.39, 0.29) is 12.3 Å². The van der Waals surface area contributed by atoms with Gasteiger partial charge >= 0.3 is 5.97 Å². The van der Waals surface area contributed by atoms with Crippen LogP contribution < -0.4 is 5.32 Å². The monoisotopic (exact) mass is 269 g/mol. The quantitative estimate of drug-likeness (QED) is 0.868. The Balaban J connectivity index is 2.36. The number of nitrogens with one attached hydrogen (secondary N) is 1. The molecule has 0 aromatic heterocycles. The normalized spacial score (nSPS) is 19.1. The topological polar surface area (TPSA) is 49.3 Å². The molecule has 1 aromatic rings. The molecule has 3 nitrogen and oxygen atoms in total. The third kappa shape index (κ3) is 2.15. The van der Waals surface area contributed by atoms with Crippen LogP contribution in [0.2, 0.25) is 0 Å². The highest BCUT2D eigenvalue weighted by Crippen LogP contribution is 2.38. The van der Waals surface area contributed by atoms with Crippen LogP contribution in [0.1, 0.15) is 24.3 Å². The average Bonchev–Trinajstić information content (AvgIpc) is 2.17. The fourth-order valence-electron chi connectivity index (χ4n) is 2.05. The van der Waals surface area contributed by atoms with Gasteiger partial charge in [-0.15, -0.1) is 0 Å². The summed E-state index contributed by atoms with van der Waals surface area (Å²) in [6, 6.07) is 5.91. The second kappa shape index (κ2) is 4.23. The van der Waals surface area contributed by atoms with Gasteiger partial charge in [-0.3, -0.25) is 4.79 Å². The van der Waals surface area contributed by atoms with Crippen LogP contribution in [0.5, 0.6) is 0 Å². The Kier molecular flexibility index (Phi) is 2.95. The van der Waals surface area contributed by atoms with Crippen LogP contribution in [-0.4, -0.2) is 17.6 Å². The van der Waals surface area contributed by atoms with Crippen molar-refractivity contribution in [2.24, 2.45) is 0 Å². The number of rotatable bonds is 2. The minimum atomic E-state index is -0.733. The number of carbonyl (C=O) groups is 1. The minimum absolute atomic E-state index is 0.120. The van der Waals surface area contributed by atoms with Crippen molar-refractivity contribution in [1.82, 2.24) is 0 Å². The molecule has 2 rings (SSSR count). The molecule has 0 saturated heterocycles. The summed E-state index contributed by atoms with van der Waals surface area (Å²) < 4.78 is 0.999. The van der Waals surface area contributed by atoms with Crippen molar-refractivity contribution in [2.75, 3.05) is 11.9 Å². The molecule has 0 amide bonds. The van der Waals surface area contributed by atoms with E-state index in [1.165, 1.54) is 0 Å². The summed E-state index contributed by atoms with van der Waals surface area (Å²) in [5.74, 6) is -0.613. The van der Waals surface area contributed by atoms with Crippen LogP contribution in [0.4, 0.5) is 5.69 Å². The van der Waals surface area contributed by atoms with Crippen LogP contribution in [0, 0.1) is 0 Å². The third-order valence-corrected chi connectivity index (χ3v) is 3.38. The fraction of sp³-hybridized carbons (Fsp3) is 0.364. The van der Waals surface area contributed by atoms with Gasteiger partial charge in [-0.1, -0.05) is 22.0 Å². The number of hydrogen-bond donors (Lipinski definition) is 2. The smallest absolute Gasteiger partial charge is 0.303 e. The van der Waals surface area contributed by atoms with E-state index in [1.807, 2.05) is 18.2 Å². The third-order valence-electron chi connectivity index (χ3n) is 2.69. The van der Waals surface area contributed by atoms with Gasteiger partial charge in [0.05, 0.1) is 6.42 Å². The minimum Gasteiger partial charge on any atom is -0.481 e. The number of benzene rings is 1. The molecular weight excluding hydrogens is 258 g/mol. The zero-order chi connectivity index (χ0) is 10.8. The molecule has 1 heterocycles. The summed E-state index contributed by atoms with van der Waals surface area (Å²) in [7, 11) is 0. The maximum Gasteiger partial charge on any atom is 0.303 e. The molecule has 1 atom stereocenters. The number of aliphatic carboxylic acids is 1. The number of halogens is 1. The van der Waals surface area contributed by atoms with Crippen molar-refractivity contribution < 1.29 is 9.90 Å². The van der Waals surface area contributed by atoms with Gasteiger partial charge in [-0.25, -0.2) is 0 Å². The summed E-state index contributed by atoms with van der Waals surface area (Å²) >= 11 is 3.48. The summed E-state index contributed by atoms with van der Waals surface area (Å²) in [5, 5.41) is 12.1. The van der Waals surface area contributed by atoms with Crippen molar-refractivity contribution in [3.8, 4) is 0 Å². The predicted octanol–water partition coefficient (Wildman–Crippen LogP) is 2.82. The molecule has 15 heavy (non-hydrogen) atoms. The highest BCUT2D eigenvalue weighted by atomic mass is 79.9. The molecule has 1 aliphatic heterocycles. The predicted molar refractivity (Wildman–Crippen MR) is 62.2 cm³/mol. The number of fused-ring (bicyclic) bond motifs is 1. The van der Waals surface area contributed by atoms with E-state index in [4.69, 9.17) is 5.11 Å². The maximum atomic E-state index is 10.8. The molecule has 0 radical (unpaired) electrons. The first kappa shape index (κ1) is 10.5. The second-order valence-electron chi connectivity index (χ2n) is 3.71. The first-order chi connectivity index (χ1) is 7.18. The first-order valence-electron chi connectivity index (χ1n) is 4.92. The molecule has 1 aromatic carbocycles. The lowest BCUT2D eigenvalue weighted by Crippen LogP contribution is -2.19. The maximum absolute atomic E-state index is 10.8. The Labute approximate surface area is 96.6 Å². The van der Waals surface area contributed by atoms with Crippen molar-refractivity contribution in [3.05, 3.63) is 28.2 Å². The van der Waals surface area contributed by atoms with E-state index in [9.17, 15) is 4.79 Å². The Hall–Kier alpha value is -1.03. The standard InChI is InChI=1S/C11H12BrNO2/c12-8-2-1-3-9-11(8)7(4-5-13-9)6-10(14)15/h1-3,7,13H,4-6H2,(H,14,15). The molecule has 1 aliphatic rings. The van der Waals surface area contributed by atoms with Crippen LogP contribution in [0.15, 0.2) is 22.7 Å². The number of anilines is 1. The van der Waals surface area contributed by atoms with E-state index in [0.717, 1.165) is 28.7 Å². The summed E-state index contributed by atoms with van der Waals surface area (Å²) in [6.07, 6.45) is 1.08. The van der Waals surface area contributed by atoms with E-state index >= 15 is 0 Å². The summed E-state index contributed by atoms with van der Waals surface area (Å²) in [5.41, 5.74) is 2.16. The van der Waals surface area contributed by atoms with Crippen molar-refractivity contribution in [1.29, 1.82) is 0 Å². The largest absolute Gasteiger partial charge is 0.481 e. The number of carboxylic acids is 1. The van der Waals surface area contributed by atoms with E-state index in [0.29, 0.717) is 0 Å². The second-order valence-corrected chi connectivity index (χ2v) is 4.57. The number of carboxylic acid groups (broad SMARTS) is 1. The Morgan fingerprint density at radius 3 is 3.13 bits per heavy atom. The summed E-state index contributed by atoms with van der Waals surface area (Å²) in [6.45, 7) is 0.849. The van der Waals surface area contributed by atoms with Gasteiger partial charge in [0.1, 0.15) is 0 Å². The van der Waals surface area contributed by atoms with Crippen molar-refractivity contribution in [2.45, 2.75) is 18.8 Å². The zero-order valence-electron chi connectivity index (χ0n) is 8.16. The molecule has 2 N–H and O–H groups in total. The van der Waals surface area contributed by atoms with Gasteiger partial charge in [0.25, 0.3) is 0 Å². The molecular formula is C11H12BrNO2. The van der Waals surface area contributed by atoms with Gasteiger partial charge in [-0.2, -0.15) is 0 Å². The molecule has 0 fully saturated rings. The molecule has 0 bridgehead atoms. The lowest BCUT2D eigenvalue weighted by molar-refractivity contribution is -0.137. The molecule has 0 saturated carbocycles. The van der Waals surface area contributed by atoms with Crippen LogP contribution in [0.3, 0.4) is 0 Å². The van der Waals surface area contributed by atoms with Gasteiger partial charge in [-0.05, 0) is 30.0 Å². The van der Waals surface area contributed by atoms with Crippen molar-refractivity contribution in [3.63, 3.8) is 0 Å². The molecule has 0 aliphatic carbocycles. The Morgan fingerprint density at radius 1 is 1.60 bits per heavy atom. The van der Waals surface area contributed by atoms with Gasteiger partial charge < -0.3 is 10.4 Å². The van der Waals surface area contributed by atoms with Crippen LogP contribution in [0.25, 0.3) is 0 Å². The Morgan fingerprint density at radius 2 is 2.40 bits per heavy atom. The first-order valence-corrected chi connectivity index (χ1v) is 5.72. The Bertz CT molecular complexity index is 392. The van der Waals surface area contributed by atoms with Gasteiger partial charge in [0.15, 0.2) is 0 Å². The molecule has 1 unspecified atom stereocenters. The number of hydrogen-bond acceptors (Lipinski definition) is 2. The van der Waals surface area contributed by atoms with Gasteiger partial charge in [0.2, 0.25) is 0 Å². The van der Waals surface area contributed by atoms with E-state index < -0.39 is 5.97 Å². The summed E-state index contributed by atoms with van der Waals surface area (Å²) in [4.78, 5) is 10.8. The molecule has 4 heteroatoms. The van der Waals surface area contributed by atoms with Crippen LogP contribution in [-0.2, 0) is 4.79 Å². The fourth-order valence-corrected chi connectivity index (χ4v) is 2.74.